The molecule has 5 heteroatoms. The van der Waals surface area contributed by atoms with E-state index in [1.807, 2.05) is 12.1 Å². The monoisotopic (exact) mass is 324 g/mol. The van der Waals surface area contributed by atoms with Crippen molar-refractivity contribution in [1.29, 1.82) is 0 Å². The zero-order valence-electron chi connectivity index (χ0n) is 11.3. The van der Waals surface area contributed by atoms with Crippen molar-refractivity contribution >= 4 is 29.2 Å². The molecule has 0 amide bonds. The van der Waals surface area contributed by atoms with Crippen molar-refractivity contribution < 1.29 is 14.6 Å². The SMILES string of the molecule is COc1ccc(C(CC(=O)O)c2cc(Cl)cc(Cl)c2)cc1. The predicted molar refractivity (Wildman–Crippen MR) is 83.6 cm³/mol. The number of halogens is 2. The second-order valence-corrected chi connectivity index (χ2v) is 5.50. The van der Waals surface area contributed by atoms with Gasteiger partial charge >= 0.3 is 5.97 Å². The van der Waals surface area contributed by atoms with Gasteiger partial charge in [0.05, 0.1) is 13.5 Å². The van der Waals surface area contributed by atoms with E-state index >= 15 is 0 Å². The Balaban J connectivity index is 2.43. The van der Waals surface area contributed by atoms with Crippen LogP contribution in [-0.2, 0) is 4.79 Å². The lowest BCUT2D eigenvalue weighted by Gasteiger charge is -2.17. The number of rotatable bonds is 5. The highest BCUT2D eigenvalue weighted by Crippen LogP contribution is 2.32. The molecule has 0 radical (unpaired) electrons. The van der Waals surface area contributed by atoms with E-state index in [-0.39, 0.29) is 12.3 Å². The van der Waals surface area contributed by atoms with E-state index in [4.69, 9.17) is 33.0 Å². The van der Waals surface area contributed by atoms with Crippen LogP contribution >= 0.6 is 23.2 Å². The summed E-state index contributed by atoms with van der Waals surface area (Å²) in [5, 5.41) is 10.1. The fraction of sp³-hybridized carbons (Fsp3) is 0.188. The minimum atomic E-state index is -0.882. The molecule has 0 spiro atoms. The average molecular weight is 325 g/mol. The summed E-state index contributed by atoms with van der Waals surface area (Å²) in [6.07, 6.45) is -0.0387. The Morgan fingerprint density at radius 2 is 1.67 bits per heavy atom. The minimum absolute atomic E-state index is 0.0387. The molecule has 3 nitrogen and oxygen atoms in total. The molecule has 2 rings (SSSR count). The van der Waals surface area contributed by atoms with Crippen LogP contribution in [0.4, 0.5) is 0 Å². The molecule has 21 heavy (non-hydrogen) atoms. The summed E-state index contributed by atoms with van der Waals surface area (Å²) in [4.78, 5) is 11.2. The smallest absolute Gasteiger partial charge is 0.304 e. The van der Waals surface area contributed by atoms with E-state index in [1.165, 1.54) is 0 Å². The van der Waals surface area contributed by atoms with Crippen LogP contribution in [0, 0.1) is 0 Å². The van der Waals surface area contributed by atoms with E-state index in [0.29, 0.717) is 10.0 Å². The van der Waals surface area contributed by atoms with Crippen LogP contribution in [-0.4, -0.2) is 18.2 Å². The largest absolute Gasteiger partial charge is 0.497 e. The fourth-order valence-corrected chi connectivity index (χ4v) is 2.76. The van der Waals surface area contributed by atoms with Gasteiger partial charge in [-0.15, -0.1) is 0 Å². The Bertz CT molecular complexity index is 618. The third-order valence-corrected chi connectivity index (χ3v) is 3.62. The number of hydrogen-bond acceptors (Lipinski definition) is 2. The van der Waals surface area contributed by atoms with Gasteiger partial charge in [0.25, 0.3) is 0 Å². The van der Waals surface area contributed by atoms with Gasteiger partial charge < -0.3 is 9.84 Å². The Hall–Kier alpha value is -1.71. The van der Waals surface area contributed by atoms with E-state index in [0.717, 1.165) is 16.9 Å². The quantitative estimate of drug-likeness (QED) is 0.873. The lowest BCUT2D eigenvalue weighted by Crippen LogP contribution is -2.08. The number of hydrogen-bond donors (Lipinski definition) is 1. The van der Waals surface area contributed by atoms with Crippen LogP contribution in [0.5, 0.6) is 5.75 Å². The van der Waals surface area contributed by atoms with E-state index < -0.39 is 5.97 Å². The molecular weight excluding hydrogens is 311 g/mol. The maximum absolute atomic E-state index is 11.2. The fourth-order valence-electron chi connectivity index (χ4n) is 2.22. The first-order valence-electron chi connectivity index (χ1n) is 6.31. The maximum atomic E-state index is 11.2. The molecule has 110 valence electrons. The van der Waals surface area contributed by atoms with Crippen molar-refractivity contribution in [3.8, 4) is 5.75 Å². The molecule has 0 aliphatic rings. The van der Waals surface area contributed by atoms with Gasteiger partial charge in [-0.1, -0.05) is 35.3 Å². The standard InChI is InChI=1S/C16H14Cl2O3/c1-21-14-4-2-10(3-5-14)15(9-16(19)20)11-6-12(17)8-13(18)7-11/h2-8,15H,9H2,1H3,(H,19,20). The molecule has 2 aromatic carbocycles. The number of carboxylic acid groups (broad SMARTS) is 1. The summed E-state index contributed by atoms with van der Waals surface area (Å²) in [5.74, 6) is -0.478. The van der Waals surface area contributed by atoms with E-state index in [1.54, 1.807) is 37.4 Å². The molecule has 0 bridgehead atoms. The highest BCUT2D eigenvalue weighted by molar-refractivity contribution is 6.34. The molecular formula is C16H14Cl2O3. The Kier molecular flexibility index (Phi) is 5.10. The molecule has 1 atom stereocenters. The van der Waals surface area contributed by atoms with Gasteiger partial charge in [-0.05, 0) is 41.5 Å². The maximum Gasteiger partial charge on any atom is 0.304 e. The number of methoxy groups -OCH3 is 1. The number of benzene rings is 2. The Morgan fingerprint density at radius 1 is 1.10 bits per heavy atom. The molecule has 2 aromatic rings. The van der Waals surface area contributed by atoms with Gasteiger partial charge in [-0.25, -0.2) is 0 Å². The van der Waals surface area contributed by atoms with Gasteiger partial charge in [0.2, 0.25) is 0 Å². The topological polar surface area (TPSA) is 46.5 Å². The molecule has 1 N–H and O–H groups in total. The van der Waals surface area contributed by atoms with Crippen LogP contribution in [0.25, 0.3) is 0 Å². The molecule has 0 saturated carbocycles. The van der Waals surface area contributed by atoms with Crippen molar-refractivity contribution in [2.75, 3.05) is 7.11 Å². The lowest BCUT2D eigenvalue weighted by molar-refractivity contribution is -0.137. The molecule has 0 heterocycles. The summed E-state index contributed by atoms with van der Waals surface area (Å²) >= 11 is 12.0. The summed E-state index contributed by atoms with van der Waals surface area (Å²) in [7, 11) is 1.58. The zero-order valence-corrected chi connectivity index (χ0v) is 12.9. The van der Waals surface area contributed by atoms with Crippen LogP contribution in [0.2, 0.25) is 10.0 Å². The summed E-state index contributed by atoms with van der Waals surface area (Å²) in [6.45, 7) is 0. The summed E-state index contributed by atoms with van der Waals surface area (Å²) < 4.78 is 5.12. The van der Waals surface area contributed by atoms with Crippen molar-refractivity contribution in [3.63, 3.8) is 0 Å². The van der Waals surface area contributed by atoms with Crippen molar-refractivity contribution in [1.82, 2.24) is 0 Å². The predicted octanol–water partition coefficient (Wildman–Crippen LogP) is 4.61. The highest BCUT2D eigenvalue weighted by atomic mass is 35.5. The van der Waals surface area contributed by atoms with Crippen molar-refractivity contribution in [3.05, 3.63) is 63.6 Å². The molecule has 0 fully saturated rings. The van der Waals surface area contributed by atoms with Crippen molar-refractivity contribution in [2.45, 2.75) is 12.3 Å². The Labute approximate surface area is 133 Å². The third kappa shape index (κ3) is 4.13. The second-order valence-electron chi connectivity index (χ2n) is 4.63. The highest BCUT2D eigenvalue weighted by Gasteiger charge is 2.19. The van der Waals surface area contributed by atoms with Gasteiger partial charge in [-0.2, -0.15) is 0 Å². The zero-order chi connectivity index (χ0) is 15.4. The van der Waals surface area contributed by atoms with Gasteiger partial charge in [0.1, 0.15) is 5.75 Å². The molecule has 0 aliphatic carbocycles. The van der Waals surface area contributed by atoms with Crippen LogP contribution in [0.3, 0.4) is 0 Å². The number of aliphatic carboxylic acids is 1. The number of ether oxygens (including phenoxy) is 1. The first-order chi connectivity index (χ1) is 9.99. The first kappa shape index (κ1) is 15.7. The summed E-state index contributed by atoms with van der Waals surface area (Å²) in [5.41, 5.74) is 1.65. The van der Waals surface area contributed by atoms with E-state index in [9.17, 15) is 4.79 Å². The van der Waals surface area contributed by atoms with Gasteiger partial charge in [0.15, 0.2) is 0 Å². The normalized spacial score (nSPS) is 12.0. The number of carbonyl (C=O) groups is 1. The average Bonchev–Trinajstić information content (AvgIpc) is 2.43. The third-order valence-electron chi connectivity index (χ3n) is 3.18. The van der Waals surface area contributed by atoms with Gasteiger partial charge in [-0.3, -0.25) is 4.79 Å². The second kappa shape index (κ2) is 6.83. The minimum Gasteiger partial charge on any atom is -0.497 e. The first-order valence-corrected chi connectivity index (χ1v) is 7.07. The summed E-state index contributed by atoms with van der Waals surface area (Å²) in [6, 6.07) is 12.4. The molecule has 1 unspecified atom stereocenters. The van der Waals surface area contributed by atoms with Crippen molar-refractivity contribution in [2.24, 2.45) is 0 Å². The van der Waals surface area contributed by atoms with Gasteiger partial charge in [0, 0.05) is 16.0 Å². The van der Waals surface area contributed by atoms with Crippen LogP contribution < -0.4 is 4.74 Å². The lowest BCUT2D eigenvalue weighted by atomic mass is 9.88. The Morgan fingerprint density at radius 3 is 2.14 bits per heavy atom. The number of carboxylic acids is 1. The van der Waals surface area contributed by atoms with E-state index in [2.05, 4.69) is 0 Å². The molecule has 0 aliphatic heterocycles. The molecule has 0 aromatic heterocycles. The van der Waals surface area contributed by atoms with Crippen LogP contribution in [0.15, 0.2) is 42.5 Å². The van der Waals surface area contributed by atoms with Crippen LogP contribution in [0.1, 0.15) is 23.5 Å². The molecule has 0 saturated heterocycles.